The Morgan fingerprint density at radius 1 is 1.26 bits per heavy atom. The molecule has 0 saturated carbocycles. The lowest BCUT2D eigenvalue weighted by atomic mass is 9.99. The molecule has 0 radical (unpaired) electrons. The van der Waals surface area contributed by atoms with E-state index in [4.69, 9.17) is 4.42 Å². The number of rotatable bonds is 4. The van der Waals surface area contributed by atoms with Gasteiger partial charge in [-0.05, 0) is 37.5 Å². The number of aryl methyl sites for hydroxylation is 1. The summed E-state index contributed by atoms with van der Waals surface area (Å²) in [6.07, 6.45) is 0.147. The summed E-state index contributed by atoms with van der Waals surface area (Å²) in [5.41, 5.74) is 1.47. The Bertz CT molecular complexity index is 558. The van der Waals surface area contributed by atoms with Gasteiger partial charge in [0, 0.05) is 11.1 Å². The smallest absolute Gasteiger partial charge is 0.134 e. The molecule has 2 aromatic rings. The quantitative estimate of drug-likeness (QED) is 0.881. The fraction of sp³-hybridized carbons (Fsp3) is 0.375. The van der Waals surface area contributed by atoms with Crippen molar-refractivity contribution in [3.05, 3.63) is 47.5 Å². The van der Waals surface area contributed by atoms with Crippen LogP contribution in [-0.4, -0.2) is 5.11 Å². The zero-order valence-electron chi connectivity index (χ0n) is 11.5. The average molecular weight is 262 g/mol. The zero-order chi connectivity index (χ0) is 14.0. The lowest BCUT2D eigenvalue weighted by Gasteiger charge is -2.11. The molecule has 1 heterocycles. The first-order chi connectivity index (χ1) is 8.97. The van der Waals surface area contributed by atoms with Crippen molar-refractivity contribution in [1.82, 2.24) is 0 Å². The summed E-state index contributed by atoms with van der Waals surface area (Å²) in [6.45, 7) is 5.94. The average Bonchev–Trinajstić information content (AvgIpc) is 2.70. The Kier molecular flexibility index (Phi) is 4.05. The van der Waals surface area contributed by atoms with Gasteiger partial charge in [0.2, 0.25) is 0 Å². The van der Waals surface area contributed by atoms with E-state index in [-0.39, 0.29) is 5.82 Å². The maximum atomic E-state index is 13.2. The highest BCUT2D eigenvalue weighted by atomic mass is 19.1. The number of benzene rings is 1. The highest BCUT2D eigenvalue weighted by molar-refractivity contribution is 5.59. The van der Waals surface area contributed by atoms with Gasteiger partial charge in [-0.1, -0.05) is 26.0 Å². The maximum Gasteiger partial charge on any atom is 0.134 e. The van der Waals surface area contributed by atoms with Crippen LogP contribution in [0, 0.1) is 18.7 Å². The number of hydrogen-bond donors (Lipinski definition) is 1. The minimum absolute atomic E-state index is 0.296. The van der Waals surface area contributed by atoms with Gasteiger partial charge >= 0.3 is 0 Å². The van der Waals surface area contributed by atoms with E-state index in [1.807, 2.05) is 6.92 Å². The van der Waals surface area contributed by atoms with E-state index in [9.17, 15) is 9.50 Å². The van der Waals surface area contributed by atoms with Crippen LogP contribution < -0.4 is 0 Å². The van der Waals surface area contributed by atoms with E-state index < -0.39 is 6.10 Å². The lowest BCUT2D eigenvalue weighted by Crippen LogP contribution is -2.01. The molecule has 0 spiro atoms. The van der Waals surface area contributed by atoms with Crippen LogP contribution in [0.1, 0.15) is 37.7 Å². The van der Waals surface area contributed by atoms with Crippen LogP contribution in [0.15, 0.2) is 34.7 Å². The summed E-state index contributed by atoms with van der Waals surface area (Å²) in [5.74, 6) is 1.39. The lowest BCUT2D eigenvalue weighted by molar-refractivity contribution is 0.149. The van der Waals surface area contributed by atoms with E-state index in [0.717, 1.165) is 5.56 Å². The molecular formula is C16H19FO2. The van der Waals surface area contributed by atoms with Gasteiger partial charge in [-0.15, -0.1) is 0 Å². The molecule has 1 atom stereocenters. The number of aliphatic hydroxyl groups is 1. The molecule has 1 aromatic carbocycles. The van der Waals surface area contributed by atoms with Crippen molar-refractivity contribution in [2.45, 2.75) is 33.3 Å². The molecule has 1 aromatic heterocycles. The third-order valence-corrected chi connectivity index (χ3v) is 3.12. The van der Waals surface area contributed by atoms with Crippen molar-refractivity contribution in [3.63, 3.8) is 0 Å². The molecule has 2 nitrogen and oxygen atoms in total. The first kappa shape index (κ1) is 13.8. The zero-order valence-corrected chi connectivity index (χ0v) is 11.5. The van der Waals surface area contributed by atoms with Gasteiger partial charge in [0.05, 0.1) is 6.10 Å². The molecule has 0 saturated heterocycles. The Hall–Kier alpha value is -1.61. The second-order valence-corrected chi connectivity index (χ2v) is 5.28. The van der Waals surface area contributed by atoms with E-state index in [1.165, 1.54) is 12.1 Å². The third kappa shape index (κ3) is 3.24. The summed E-state index contributed by atoms with van der Waals surface area (Å²) in [4.78, 5) is 0. The molecule has 1 unspecified atom stereocenters. The van der Waals surface area contributed by atoms with Crippen molar-refractivity contribution < 1.29 is 13.9 Å². The van der Waals surface area contributed by atoms with Crippen molar-refractivity contribution in [2.75, 3.05) is 0 Å². The molecule has 0 aliphatic rings. The van der Waals surface area contributed by atoms with Gasteiger partial charge in [0.15, 0.2) is 0 Å². The van der Waals surface area contributed by atoms with Gasteiger partial charge in [-0.3, -0.25) is 0 Å². The second kappa shape index (κ2) is 5.57. The minimum atomic E-state index is -0.536. The normalized spacial score (nSPS) is 12.9. The van der Waals surface area contributed by atoms with Crippen LogP contribution in [0.2, 0.25) is 0 Å². The fourth-order valence-corrected chi connectivity index (χ4v) is 2.18. The molecule has 0 amide bonds. The van der Waals surface area contributed by atoms with E-state index >= 15 is 0 Å². The molecule has 0 aliphatic carbocycles. The Morgan fingerprint density at radius 2 is 2.00 bits per heavy atom. The standard InChI is InChI=1S/C16H19FO2/c1-10(2)7-15(18)14-9-16(19-11(14)3)12-5-4-6-13(17)8-12/h4-6,8-10,15,18H,7H2,1-3H3. The van der Waals surface area contributed by atoms with Crippen molar-refractivity contribution in [2.24, 2.45) is 5.92 Å². The topological polar surface area (TPSA) is 33.4 Å². The molecule has 2 rings (SSSR count). The second-order valence-electron chi connectivity index (χ2n) is 5.28. The Labute approximate surface area is 112 Å². The van der Waals surface area contributed by atoms with Crippen LogP contribution >= 0.6 is 0 Å². The van der Waals surface area contributed by atoms with E-state index in [0.29, 0.717) is 29.4 Å². The van der Waals surface area contributed by atoms with Crippen LogP contribution in [0.25, 0.3) is 11.3 Å². The molecule has 0 aliphatic heterocycles. The van der Waals surface area contributed by atoms with Gasteiger partial charge in [-0.25, -0.2) is 4.39 Å². The van der Waals surface area contributed by atoms with E-state index in [1.54, 1.807) is 18.2 Å². The summed E-state index contributed by atoms with van der Waals surface area (Å²) < 4.78 is 18.8. The molecule has 0 bridgehead atoms. The highest BCUT2D eigenvalue weighted by Crippen LogP contribution is 2.31. The van der Waals surface area contributed by atoms with Crippen LogP contribution in [0.3, 0.4) is 0 Å². The minimum Gasteiger partial charge on any atom is -0.461 e. The number of furan rings is 1. The molecule has 19 heavy (non-hydrogen) atoms. The molecule has 0 fully saturated rings. The molecule has 1 N–H and O–H groups in total. The van der Waals surface area contributed by atoms with Crippen LogP contribution in [-0.2, 0) is 0 Å². The SMILES string of the molecule is Cc1oc(-c2cccc(F)c2)cc1C(O)CC(C)C. The highest BCUT2D eigenvalue weighted by Gasteiger charge is 2.17. The predicted octanol–water partition coefficient (Wildman–Crippen LogP) is 4.47. The number of aliphatic hydroxyl groups excluding tert-OH is 1. The molecule has 3 heteroatoms. The Balaban J connectivity index is 2.30. The van der Waals surface area contributed by atoms with Gasteiger partial charge in [-0.2, -0.15) is 0 Å². The van der Waals surface area contributed by atoms with Crippen molar-refractivity contribution in [1.29, 1.82) is 0 Å². The summed E-state index contributed by atoms with van der Waals surface area (Å²) in [5, 5.41) is 10.2. The number of hydrogen-bond acceptors (Lipinski definition) is 2. The number of halogens is 1. The maximum absolute atomic E-state index is 13.2. The largest absolute Gasteiger partial charge is 0.461 e. The first-order valence-electron chi connectivity index (χ1n) is 6.51. The third-order valence-electron chi connectivity index (χ3n) is 3.12. The van der Waals surface area contributed by atoms with Gasteiger partial charge in [0.1, 0.15) is 17.3 Å². The van der Waals surface area contributed by atoms with Crippen molar-refractivity contribution in [3.8, 4) is 11.3 Å². The Morgan fingerprint density at radius 3 is 2.63 bits per heavy atom. The predicted molar refractivity (Wildman–Crippen MR) is 73.3 cm³/mol. The van der Waals surface area contributed by atoms with Gasteiger partial charge < -0.3 is 9.52 Å². The summed E-state index contributed by atoms with van der Waals surface area (Å²) in [6, 6.07) is 8.06. The summed E-state index contributed by atoms with van der Waals surface area (Å²) in [7, 11) is 0. The van der Waals surface area contributed by atoms with Gasteiger partial charge in [0.25, 0.3) is 0 Å². The van der Waals surface area contributed by atoms with Crippen LogP contribution in [0.4, 0.5) is 4.39 Å². The van der Waals surface area contributed by atoms with Crippen molar-refractivity contribution >= 4 is 0 Å². The van der Waals surface area contributed by atoms with E-state index in [2.05, 4.69) is 13.8 Å². The summed E-state index contributed by atoms with van der Waals surface area (Å²) >= 11 is 0. The van der Waals surface area contributed by atoms with Crippen LogP contribution in [0.5, 0.6) is 0 Å². The molecular weight excluding hydrogens is 243 g/mol. The first-order valence-corrected chi connectivity index (χ1v) is 6.51. The monoisotopic (exact) mass is 262 g/mol. The molecule has 102 valence electrons. The fourth-order valence-electron chi connectivity index (χ4n) is 2.18.